The summed E-state index contributed by atoms with van der Waals surface area (Å²) in [5.74, 6) is 0.226. The third kappa shape index (κ3) is 6.38. The van der Waals surface area contributed by atoms with Gasteiger partial charge in [0.05, 0.1) is 0 Å². The van der Waals surface area contributed by atoms with Crippen LogP contribution in [0.2, 0.25) is 10.0 Å². The van der Waals surface area contributed by atoms with Crippen molar-refractivity contribution in [1.29, 1.82) is 0 Å². The summed E-state index contributed by atoms with van der Waals surface area (Å²) in [6.07, 6.45) is 3.86. The second kappa shape index (κ2) is 10.2. The van der Waals surface area contributed by atoms with Gasteiger partial charge in [-0.3, -0.25) is 10.0 Å². The van der Waals surface area contributed by atoms with E-state index < -0.39 is 5.60 Å². The van der Waals surface area contributed by atoms with E-state index in [4.69, 9.17) is 27.9 Å². The summed E-state index contributed by atoms with van der Waals surface area (Å²) in [4.78, 5) is 13.1. The number of aromatic nitrogens is 1. The molecule has 2 aromatic carbocycles. The zero-order valence-electron chi connectivity index (χ0n) is 18.3. The second-order valence-electron chi connectivity index (χ2n) is 8.28. The monoisotopic (exact) mass is 473 g/mol. The molecule has 2 atom stereocenters. The molecule has 0 aliphatic rings. The number of hydrogen-bond donors (Lipinski definition) is 2. The highest BCUT2D eigenvalue weighted by Gasteiger charge is 2.33. The summed E-state index contributed by atoms with van der Waals surface area (Å²) in [5, 5.41) is 14.3. The summed E-state index contributed by atoms with van der Waals surface area (Å²) in [7, 11) is 0. The minimum absolute atomic E-state index is 0.0916. The van der Waals surface area contributed by atoms with Gasteiger partial charge >= 0.3 is 0 Å². The van der Waals surface area contributed by atoms with E-state index in [-0.39, 0.29) is 17.9 Å². The lowest BCUT2D eigenvalue weighted by Gasteiger charge is -2.30. The standard InChI is InChI=1S/C25H26Cl2N2O3/c1-17(28-24(30)25(2,3)32-22-12-10-21(27)11-13-22)23(19-5-4-14-29(31)16-19)15-18-6-8-20(26)9-7-18/h4-14,16-17,23H,15H2,1-3H3,(H-,28,30,31)/p+1. The summed E-state index contributed by atoms with van der Waals surface area (Å²) >= 11 is 12.0. The fourth-order valence-electron chi connectivity index (χ4n) is 3.48. The average molecular weight is 474 g/mol. The Morgan fingerprint density at radius 2 is 1.66 bits per heavy atom. The first kappa shape index (κ1) is 23.9. The number of carbonyl (C=O) groups excluding carboxylic acids is 1. The average Bonchev–Trinajstić information content (AvgIpc) is 2.74. The fourth-order valence-corrected chi connectivity index (χ4v) is 3.73. The van der Waals surface area contributed by atoms with Gasteiger partial charge in [0.15, 0.2) is 5.60 Å². The zero-order chi connectivity index (χ0) is 23.3. The van der Waals surface area contributed by atoms with Gasteiger partial charge in [0, 0.05) is 38.4 Å². The molecule has 0 fully saturated rings. The maximum Gasteiger partial charge on any atom is 0.263 e. The highest BCUT2D eigenvalue weighted by atomic mass is 35.5. The molecular weight excluding hydrogens is 447 g/mol. The maximum atomic E-state index is 13.1. The number of pyridine rings is 1. The summed E-state index contributed by atoms with van der Waals surface area (Å²) in [5.41, 5.74) is 0.875. The van der Waals surface area contributed by atoms with E-state index in [0.717, 1.165) is 15.9 Å². The fraction of sp³-hybridized carbons (Fsp3) is 0.280. The van der Waals surface area contributed by atoms with Crippen LogP contribution in [0.15, 0.2) is 73.1 Å². The molecule has 1 amide bonds. The molecule has 0 saturated carbocycles. The van der Waals surface area contributed by atoms with Crippen LogP contribution in [0.1, 0.15) is 37.8 Å². The van der Waals surface area contributed by atoms with Crippen molar-refractivity contribution < 1.29 is 19.5 Å². The zero-order valence-corrected chi connectivity index (χ0v) is 19.8. The van der Waals surface area contributed by atoms with Crippen LogP contribution in [0.3, 0.4) is 0 Å². The molecule has 7 heteroatoms. The van der Waals surface area contributed by atoms with E-state index in [0.29, 0.717) is 22.2 Å². The summed E-state index contributed by atoms with van der Waals surface area (Å²) < 4.78 is 6.95. The largest absolute Gasteiger partial charge is 0.478 e. The number of amides is 1. The molecule has 2 unspecified atom stereocenters. The SMILES string of the molecule is CC(NC(=O)C(C)(C)Oc1ccc(Cl)cc1)C(Cc1ccc(Cl)cc1)c1ccc[n+](O)c1. The molecule has 0 aliphatic carbocycles. The lowest BCUT2D eigenvalue weighted by atomic mass is 9.87. The predicted octanol–water partition coefficient (Wildman–Crippen LogP) is 5.21. The predicted molar refractivity (Wildman–Crippen MR) is 125 cm³/mol. The number of ether oxygens (including phenoxy) is 1. The lowest BCUT2D eigenvalue weighted by molar-refractivity contribution is -0.905. The summed E-state index contributed by atoms with van der Waals surface area (Å²) in [6, 6.07) is 18.0. The van der Waals surface area contributed by atoms with Crippen molar-refractivity contribution in [3.8, 4) is 5.75 Å². The highest BCUT2D eigenvalue weighted by Crippen LogP contribution is 2.26. The topological polar surface area (TPSA) is 62.4 Å². The quantitative estimate of drug-likeness (QED) is 0.348. The van der Waals surface area contributed by atoms with Gasteiger partial charge in [0.25, 0.3) is 5.91 Å². The van der Waals surface area contributed by atoms with Crippen LogP contribution in [0.4, 0.5) is 0 Å². The van der Waals surface area contributed by atoms with Crippen molar-refractivity contribution in [2.24, 2.45) is 0 Å². The van der Waals surface area contributed by atoms with Crippen LogP contribution < -0.4 is 14.8 Å². The molecule has 2 N–H and O–H groups in total. The van der Waals surface area contributed by atoms with Crippen LogP contribution in [-0.4, -0.2) is 22.8 Å². The number of benzene rings is 2. The summed E-state index contributed by atoms with van der Waals surface area (Å²) in [6.45, 7) is 5.40. The van der Waals surface area contributed by atoms with Crippen LogP contribution in [0.5, 0.6) is 5.75 Å². The minimum Gasteiger partial charge on any atom is -0.478 e. The smallest absolute Gasteiger partial charge is 0.263 e. The van der Waals surface area contributed by atoms with Gasteiger partial charge < -0.3 is 10.1 Å². The van der Waals surface area contributed by atoms with Crippen molar-refractivity contribution in [3.05, 3.63) is 94.2 Å². The van der Waals surface area contributed by atoms with E-state index in [1.165, 1.54) is 0 Å². The van der Waals surface area contributed by atoms with Gasteiger partial charge in [-0.25, -0.2) is 0 Å². The Hall–Kier alpha value is -2.76. The van der Waals surface area contributed by atoms with E-state index in [2.05, 4.69) is 5.32 Å². The second-order valence-corrected chi connectivity index (χ2v) is 9.16. The Morgan fingerprint density at radius 3 is 2.25 bits per heavy atom. The third-order valence-electron chi connectivity index (χ3n) is 5.30. The van der Waals surface area contributed by atoms with Gasteiger partial charge in [-0.1, -0.05) is 35.3 Å². The molecule has 1 heterocycles. The molecule has 0 radical (unpaired) electrons. The Morgan fingerprint density at radius 1 is 1.06 bits per heavy atom. The van der Waals surface area contributed by atoms with E-state index in [1.807, 2.05) is 37.3 Å². The van der Waals surface area contributed by atoms with E-state index in [1.54, 1.807) is 56.6 Å². The molecule has 32 heavy (non-hydrogen) atoms. The van der Waals surface area contributed by atoms with Crippen molar-refractivity contribution in [3.63, 3.8) is 0 Å². The van der Waals surface area contributed by atoms with Crippen molar-refractivity contribution in [2.75, 3.05) is 0 Å². The first-order valence-corrected chi connectivity index (χ1v) is 11.1. The Kier molecular flexibility index (Phi) is 7.64. The molecule has 0 saturated heterocycles. The molecule has 168 valence electrons. The molecule has 0 aliphatic heterocycles. The first-order chi connectivity index (χ1) is 15.1. The molecule has 0 bridgehead atoms. The Balaban J connectivity index is 1.78. The maximum absolute atomic E-state index is 13.1. The number of nitrogens with zero attached hydrogens (tertiary/aromatic N) is 1. The van der Waals surface area contributed by atoms with Crippen molar-refractivity contribution in [2.45, 2.75) is 44.8 Å². The first-order valence-electron chi connectivity index (χ1n) is 10.3. The van der Waals surface area contributed by atoms with Gasteiger partial charge in [-0.15, -0.1) is 0 Å². The molecule has 5 nitrogen and oxygen atoms in total. The minimum atomic E-state index is -1.10. The van der Waals surface area contributed by atoms with E-state index >= 15 is 0 Å². The van der Waals surface area contributed by atoms with E-state index in [9.17, 15) is 10.0 Å². The number of carbonyl (C=O) groups is 1. The van der Waals surface area contributed by atoms with Crippen molar-refractivity contribution >= 4 is 29.1 Å². The number of nitrogens with one attached hydrogen (secondary N) is 1. The Labute approximate surface area is 198 Å². The van der Waals surface area contributed by atoms with Crippen molar-refractivity contribution in [1.82, 2.24) is 5.32 Å². The highest BCUT2D eigenvalue weighted by molar-refractivity contribution is 6.30. The van der Waals surface area contributed by atoms with Crippen LogP contribution >= 0.6 is 23.2 Å². The van der Waals surface area contributed by atoms with Crippen LogP contribution in [0.25, 0.3) is 0 Å². The van der Waals surface area contributed by atoms with Gasteiger partial charge in [0.2, 0.25) is 12.4 Å². The molecule has 3 aromatic rings. The normalized spacial score (nSPS) is 13.3. The van der Waals surface area contributed by atoms with Gasteiger partial charge in [0.1, 0.15) is 5.75 Å². The number of halogens is 2. The molecular formula is C25H27Cl2N2O3+. The third-order valence-corrected chi connectivity index (χ3v) is 5.81. The molecule has 0 spiro atoms. The lowest BCUT2D eigenvalue weighted by Crippen LogP contribution is -2.51. The van der Waals surface area contributed by atoms with Gasteiger partial charge in [-0.05, 0) is 75.2 Å². The number of rotatable bonds is 8. The molecule has 1 aromatic heterocycles. The van der Waals surface area contributed by atoms with Gasteiger partial charge in [-0.2, -0.15) is 0 Å². The Bertz CT molecular complexity index is 1050. The molecule has 3 rings (SSSR count). The number of hydrogen-bond acceptors (Lipinski definition) is 3. The van der Waals surface area contributed by atoms with Crippen LogP contribution in [0, 0.1) is 0 Å². The van der Waals surface area contributed by atoms with Crippen LogP contribution in [-0.2, 0) is 11.2 Å².